The summed E-state index contributed by atoms with van der Waals surface area (Å²) in [5, 5.41) is 0.635. The van der Waals surface area contributed by atoms with Gasteiger partial charge in [-0.1, -0.05) is 17.7 Å². The number of imidazole rings is 1. The van der Waals surface area contributed by atoms with Gasteiger partial charge < -0.3 is 14.0 Å². The zero-order chi connectivity index (χ0) is 16.7. The number of nitrogens with zero attached hydrogens (tertiary/aromatic N) is 3. The number of aryl methyl sites for hydroxylation is 1. The Morgan fingerprint density at radius 2 is 2.17 bits per heavy atom. The first-order valence-electron chi connectivity index (χ1n) is 7.77. The molecule has 6 heteroatoms. The van der Waals surface area contributed by atoms with Gasteiger partial charge in [0.1, 0.15) is 23.7 Å². The lowest BCUT2D eigenvalue weighted by Crippen LogP contribution is -2.33. The van der Waals surface area contributed by atoms with Gasteiger partial charge in [-0.25, -0.2) is 4.98 Å². The molecule has 4 rings (SSSR count). The van der Waals surface area contributed by atoms with E-state index in [-0.39, 0.29) is 5.91 Å². The van der Waals surface area contributed by atoms with Gasteiger partial charge in [0.05, 0.1) is 12.2 Å². The van der Waals surface area contributed by atoms with Gasteiger partial charge in [-0.15, -0.1) is 0 Å². The Morgan fingerprint density at radius 3 is 3.00 bits per heavy atom. The second kappa shape index (κ2) is 5.83. The first-order valence-corrected chi connectivity index (χ1v) is 8.15. The van der Waals surface area contributed by atoms with E-state index >= 15 is 0 Å². The van der Waals surface area contributed by atoms with Crippen molar-refractivity contribution >= 4 is 23.2 Å². The molecule has 0 unspecified atom stereocenters. The highest BCUT2D eigenvalue weighted by Gasteiger charge is 2.25. The number of hydrogen-bond acceptors (Lipinski definition) is 3. The number of fused-ring (bicyclic) bond motifs is 2. The quantitative estimate of drug-likeness (QED) is 0.682. The number of carbonyl (C=O) groups is 1. The molecule has 0 aliphatic carbocycles. The summed E-state index contributed by atoms with van der Waals surface area (Å²) in [7, 11) is 0. The molecule has 1 amide bonds. The Bertz CT molecular complexity index is 935. The fourth-order valence-corrected chi connectivity index (χ4v) is 3.20. The van der Waals surface area contributed by atoms with Crippen LogP contribution >= 0.6 is 11.6 Å². The molecule has 24 heavy (non-hydrogen) atoms. The van der Waals surface area contributed by atoms with Crippen molar-refractivity contribution in [3.8, 4) is 5.75 Å². The standard InChI is InChI=1S/C18H16ClN3O2/c1-12-17(20-16-4-2-3-7-22(12)16)18(23)21-8-9-24-15-6-5-14(19)10-13(15)11-21/h2-7,10H,8-9,11H2,1H3. The van der Waals surface area contributed by atoms with E-state index in [1.165, 1.54) is 0 Å². The van der Waals surface area contributed by atoms with E-state index in [9.17, 15) is 4.79 Å². The molecule has 1 aromatic carbocycles. The van der Waals surface area contributed by atoms with Crippen LogP contribution in [0.15, 0.2) is 42.6 Å². The van der Waals surface area contributed by atoms with Crippen LogP contribution in [0.4, 0.5) is 0 Å². The molecule has 0 bridgehead atoms. The predicted molar refractivity (Wildman–Crippen MR) is 91.6 cm³/mol. The first kappa shape index (κ1) is 15.0. The molecule has 0 saturated carbocycles. The molecule has 122 valence electrons. The van der Waals surface area contributed by atoms with Crippen molar-refractivity contribution in [1.82, 2.24) is 14.3 Å². The molecule has 1 aliphatic rings. The normalized spacial score (nSPS) is 14.2. The van der Waals surface area contributed by atoms with Gasteiger partial charge in [0.2, 0.25) is 0 Å². The van der Waals surface area contributed by atoms with Gasteiger partial charge in [0.15, 0.2) is 0 Å². The number of halogens is 1. The van der Waals surface area contributed by atoms with Crippen LogP contribution in [0.1, 0.15) is 21.7 Å². The van der Waals surface area contributed by atoms with E-state index in [1.54, 1.807) is 11.0 Å². The Hall–Kier alpha value is -2.53. The number of aromatic nitrogens is 2. The number of pyridine rings is 1. The minimum Gasteiger partial charge on any atom is -0.491 e. The lowest BCUT2D eigenvalue weighted by atomic mass is 10.2. The van der Waals surface area contributed by atoms with Crippen molar-refractivity contribution in [3.05, 3.63) is 64.6 Å². The molecule has 3 heterocycles. The Balaban J connectivity index is 1.69. The van der Waals surface area contributed by atoms with E-state index in [2.05, 4.69) is 4.98 Å². The maximum absolute atomic E-state index is 13.0. The van der Waals surface area contributed by atoms with E-state index in [4.69, 9.17) is 16.3 Å². The fourth-order valence-electron chi connectivity index (χ4n) is 3.01. The number of ether oxygens (including phenoxy) is 1. The van der Waals surface area contributed by atoms with E-state index in [1.807, 2.05) is 47.9 Å². The van der Waals surface area contributed by atoms with Gasteiger partial charge >= 0.3 is 0 Å². The smallest absolute Gasteiger partial charge is 0.274 e. The predicted octanol–water partition coefficient (Wildman–Crippen LogP) is 3.33. The molecular weight excluding hydrogens is 326 g/mol. The summed E-state index contributed by atoms with van der Waals surface area (Å²) in [6, 6.07) is 11.2. The van der Waals surface area contributed by atoms with Crippen LogP contribution < -0.4 is 4.74 Å². The highest BCUT2D eigenvalue weighted by Crippen LogP contribution is 2.27. The summed E-state index contributed by atoms with van der Waals surface area (Å²) in [6.07, 6.45) is 1.91. The third-order valence-corrected chi connectivity index (χ3v) is 4.50. The summed E-state index contributed by atoms with van der Waals surface area (Å²) >= 11 is 6.08. The Morgan fingerprint density at radius 1 is 1.29 bits per heavy atom. The van der Waals surface area contributed by atoms with Gasteiger partial charge in [0, 0.05) is 23.3 Å². The average molecular weight is 342 g/mol. The molecule has 0 atom stereocenters. The van der Waals surface area contributed by atoms with Crippen LogP contribution in [0.2, 0.25) is 5.02 Å². The highest BCUT2D eigenvalue weighted by atomic mass is 35.5. The fraction of sp³-hybridized carbons (Fsp3) is 0.222. The summed E-state index contributed by atoms with van der Waals surface area (Å²) in [5.41, 5.74) is 3.00. The summed E-state index contributed by atoms with van der Waals surface area (Å²) in [5.74, 6) is 0.689. The molecule has 0 N–H and O–H groups in total. The van der Waals surface area contributed by atoms with E-state index < -0.39 is 0 Å². The molecule has 0 saturated heterocycles. The molecule has 5 nitrogen and oxygen atoms in total. The van der Waals surface area contributed by atoms with Crippen LogP contribution in [-0.2, 0) is 6.54 Å². The van der Waals surface area contributed by atoms with Crippen molar-refractivity contribution < 1.29 is 9.53 Å². The van der Waals surface area contributed by atoms with Crippen molar-refractivity contribution in [2.75, 3.05) is 13.2 Å². The summed E-state index contributed by atoms with van der Waals surface area (Å²) in [6.45, 7) is 3.33. The average Bonchev–Trinajstić information content (AvgIpc) is 2.78. The lowest BCUT2D eigenvalue weighted by Gasteiger charge is -2.19. The minimum absolute atomic E-state index is 0.0902. The van der Waals surface area contributed by atoms with Crippen molar-refractivity contribution in [3.63, 3.8) is 0 Å². The largest absolute Gasteiger partial charge is 0.491 e. The molecular formula is C18H16ClN3O2. The van der Waals surface area contributed by atoms with E-state index in [0.29, 0.717) is 30.4 Å². The van der Waals surface area contributed by atoms with E-state index in [0.717, 1.165) is 22.7 Å². The molecule has 2 aromatic heterocycles. The van der Waals surface area contributed by atoms with Crippen LogP contribution in [0, 0.1) is 6.92 Å². The van der Waals surface area contributed by atoms with Gasteiger partial charge in [-0.05, 0) is 37.3 Å². The SMILES string of the molecule is Cc1c(C(=O)N2CCOc3ccc(Cl)cc3C2)nc2ccccn12. The number of amides is 1. The zero-order valence-corrected chi connectivity index (χ0v) is 14.0. The zero-order valence-electron chi connectivity index (χ0n) is 13.2. The van der Waals surface area contributed by atoms with Gasteiger partial charge in [-0.2, -0.15) is 0 Å². The Labute approximate surface area is 144 Å². The second-order valence-electron chi connectivity index (χ2n) is 5.80. The third kappa shape index (κ3) is 2.51. The van der Waals surface area contributed by atoms with Crippen LogP contribution in [0.3, 0.4) is 0 Å². The van der Waals surface area contributed by atoms with Crippen LogP contribution in [0.5, 0.6) is 5.75 Å². The molecule has 1 aliphatic heterocycles. The van der Waals surface area contributed by atoms with Gasteiger partial charge in [0.25, 0.3) is 5.91 Å². The molecule has 0 spiro atoms. The number of carbonyl (C=O) groups excluding carboxylic acids is 1. The second-order valence-corrected chi connectivity index (χ2v) is 6.24. The number of rotatable bonds is 1. The van der Waals surface area contributed by atoms with Crippen LogP contribution in [0.25, 0.3) is 5.65 Å². The van der Waals surface area contributed by atoms with Crippen molar-refractivity contribution in [1.29, 1.82) is 0 Å². The maximum atomic E-state index is 13.0. The van der Waals surface area contributed by atoms with Crippen LogP contribution in [-0.4, -0.2) is 33.3 Å². The van der Waals surface area contributed by atoms with Gasteiger partial charge in [-0.3, -0.25) is 4.79 Å². The lowest BCUT2D eigenvalue weighted by molar-refractivity contribution is 0.0727. The van der Waals surface area contributed by atoms with Crippen molar-refractivity contribution in [2.45, 2.75) is 13.5 Å². The monoisotopic (exact) mass is 341 g/mol. The third-order valence-electron chi connectivity index (χ3n) is 4.26. The highest BCUT2D eigenvalue weighted by molar-refractivity contribution is 6.30. The summed E-state index contributed by atoms with van der Waals surface area (Å²) < 4.78 is 7.65. The Kier molecular flexibility index (Phi) is 3.65. The first-order chi connectivity index (χ1) is 11.6. The topological polar surface area (TPSA) is 46.8 Å². The number of benzene rings is 1. The molecule has 0 fully saturated rings. The van der Waals surface area contributed by atoms with Crippen molar-refractivity contribution in [2.24, 2.45) is 0 Å². The minimum atomic E-state index is -0.0902. The maximum Gasteiger partial charge on any atom is 0.274 e. The number of hydrogen-bond donors (Lipinski definition) is 0. The molecule has 0 radical (unpaired) electrons. The molecule has 3 aromatic rings. The summed E-state index contributed by atoms with van der Waals surface area (Å²) in [4.78, 5) is 19.3.